The first-order valence-corrected chi connectivity index (χ1v) is 13.7. The molecule has 2 aromatic carbocycles. The molecule has 11 heteroatoms. The van der Waals surface area contributed by atoms with E-state index in [1.807, 2.05) is 24.3 Å². The van der Waals surface area contributed by atoms with Gasteiger partial charge in [-0.15, -0.1) is 16.4 Å². The van der Waals surface area contributed by atoms with Gasteiger partial charge in [0.2, 0.25) is 0 Å². The van der Waals surface area contributed by atoms with Gasteiger partial charge in [0, 0.05) is 36.2 Å². The minimum absolute atomic E-state index is 0.0407. The number of thiophene rings is 1. The molecule has 2 saturated heterocycles. The monoisotopic (exact) mass is 546 g/mol. The summed E-state index contributed by atoms with van der Waals surface area (Å²) in [5.74, 6) is -0.719. The van der Waals surface area contributed by atoms with Crippen LogP contribution < -0.4 is 5.73 Å². The molecule has 3 N–H and O–H groups in total. The molecule has 2 fully saturated rings. The third kappa shape index (κ3) is 4.81. The predicted molar refractivity (Wildman–Crippen MR) is 145 cm³/mol. The van der Waals surface area contributed by atoms with E-state index in [9.17, 15) is 19.6 Å². The summed E-state index contributed by atoms with van der Waals surface area (Å²) < 4.78 is 21.9. The Kier molecular flexibility index (Phi) is 6.86. The number of amides is 1. The van der Waals surface area contributed by atoms with Crippen LogP contribution in [0.15, 0.2) is 42.5 Å². The number of carbonyl (C=O) groups excluding carboxylic acids is 1. The molecule has 0 bridgehead atoms. The summed E-state index contributed by atoms with van der Waals surface area (Å²) in [6.45, 7) is 2.01. The zero-order valence-corrected chi connectivity index (χ0v) is 21.9. The first-order chi connectivity index (χ1) is 18.9. The third-order valence-electron chi connectivity index (χ3n) is 7.43. The van der Waals surface area contributed by atoms with E-state index >= 15 is 0 Å². The number of benzene rings is 2. The number of fused-ring (bicyclic) bond motifs is 1. The van der Waals surface area contributed by atoms with E-state index in [2.05, 4.69) is 10.3 Å². The van der Waals surface area contributed by atoms with Crippen molar-refractivity contribution >= 4 is 28.3 Å². The lowest BCUT2D eigenvalue weighted by Gasteiger charge is -2.30. The van der Waals surface area contributed by atoms with Gasteiger partial charge in [-0.3, -0.25) is 4.79 Å². The maximum absolute atomic E-state index is 14.6. The molecule has 4 heterocycles. The Labute approximate surface area is 228 Å². The van der Waals surface area contributed by atoms with Gasteiger partial charge in [0.25, 0.3) is 5.91 Å². The number of nitrogens with two attached hydrogens (primary N) is 1. The second-order valence-corrected chi connectivity index (χ2v) is 11.1. The lowest BCUT2D eigenvalue weighted by Crippen LogP contribution is -2.45. The fourth-order valence-corrected chi connectivity index (χ4v) is 6.47. The number of carbonyl (C=O) groups is 1. The van der Waals surface area contributed by atoms with Gasteiger partial charge < -0.3 is 20.5 Å². The van der Waals surface area contributed by atoms with E-state index in [-0.39, 0.29) is 23.6 Å². The topological polar surface area (TPSA) is 130 Å². The number of hydrogen-bond acceptors (Lipinski definition) is 8. The molecule has 2 aromatic heterocycles. The molecular formula is C28H27FN6O3S. The van der Waals surface area contributed by atoms with Crippen LogP contribution in [0, 0.1) is 17.1 Å². The van der Waals surface area contributed by atoms with Gasteiger partial charge in [0.1, 0.15) is 23.4 Å². The molecule has 6 rings (SSSR count). The third-order valence-corrected chi connectivity index (χ3v) is 8.60. The Morgan fingerprint density at radius 3 is 2.82 bits per heavy atom. The van der Waals surface area contributed by atoms with Crippen molar-refractivity contribution in [1.29, 1.82) is 5.26 Å². The largest absolute Gasteiger partial charge is 0.391 e. The van der Waals surface area contributed by atoms with Gasteiger partial charge in [-0.2, -0.15) is 5.26 Å². The highest BCUT2D eigenvalue weighted by atomic mass is 32.1. The Bertz CT molecular complexity index is 1590. The normalized spacial score (nSPS) is 21.7. The lowest BCUT2D eigenvalue weighted by atomic mass is 10.00. The van der Waals surface area contributed by atoms with Crippen molar-refractivity contribution in [2.24, 2.45) is 5.73 Å². The van der Waals surface area contributed by atoms with E-state index in [0.717, 1.165) is 28.8 Å². The van der Waals surface area contributed by atoms with Crippen LogP contribution in [0.2, 0.25) is 0 Å². The SMILES string of the molecule is N#Cc1ccc(-c2cc(C(=O)N3CCC[C@@H](N)C3)sc2-c2ccc3c(c2)nnn3[C@H]2COCC[C@@H]2O)cc1F. The van der Waals surface area contributed by atoms with Crippen molar-refractivity contribution in [2.75, 3.05) is 26.3 Å². The Hall–Kier alpha value is -3.69. The second-order valence-electron chi connectivity index (χ2n) is 10.0. The smallest absolute Gasteiger partial charge is 0.264 e. The van der Waals surface area contributed by atoms with Crippen LogP contribution in [-0.2, 0) is 4.74 Å². The lowest BCUT2D eigenvalue weighted by molar-refractivity contribution is -0.0321. The van der Waals surface area contributed by atoms with Crippen molar-refractivity contribution in [3.63, 3.8) is 0 Å². The number of aliphatic hydroxyl groups excluding tert-OH is 1. The highest BCUT2D eigenvalue weighted by Crippen LogP contribution is 2.41. The maximum Gasteiger partial charge on any atom is 0.264 e. The number of aliphatic hydroxyl groups is 1. The average molecular weight is 547 g/mol. The number of likely N-dealkylation sites (tertiary alicyclic amines) is 1. The fourth-order valence-electron chi connectivity index (χ4n) is 5.32. The number of aromatic nitrogens is 3. The van der Waals surface area contributed by atoms with Crippen LogP contribution in [0.25, 0.3) is 32.6 Å². The molecule has 2 aliphatic heterocycles. The van der Waals surface area contributed by atoms with Crippen LogP contribution in [-0.4, -0.2) is 69.4 Å². The maximum atomic E-state index is 14.6. The van der Waals surface area contributed by atoms with Crippen molar-refractivity contribution < 1.29 is 19.0 Å². The molecule has 0 spiro atoms. The van der Waals surface area contributed by atoms with E-state index < -0.39 is 11.9 Å². The summed E-state index contributed by atoms with van der Waals surface area (Å²) in [6, 6.07) is 13.4. The van der Waals surface area contributed by atoms with Gasteiger partial charge in [0.05, 0.1) is 28.7 Å². The molecule has 0 aliphatic carbocycles. The number of halogens is 1. The van der Waals surface area contributed by atoms with Gasteiger partial charge in [-0.25, -0.2) is 9.07 Å². The van der Waals surface area contributed by atoms with Gasteiger partial charge >= 0.3 is 0 Å². The zero-order valence-electron chi connectivity index (χ0n) is 21.1. The van der Waals surface area contributed by atoms with E-state index in [0.29, 0.717) is 54.2 Å². The van der Waals surface area contributed by atoms with Crippen LogP contribution in [0.3, 0.4) is 0 Å². The summed E-state index contributed by atoms with van der Waals surface area (Å²) in [4.78, 5) is 16.6. The molecule has 0 saturated carbocycles. The summed E-state index contributed by atoms with van der Waals surface area (Å²) in [5.41, 5.74) is 9.53. The molecular weight excluding hydrogens is 519 g/mol. The van der Waals surface area contributed by atoms with Gasteiger partial charge in [-0.05, 0) is 60.7 Å². The number of nitrogens with zero attached hydrogens (tertiary/aromatic N) is 5. The van der Waals surface area contributed by atoms with E-state index in [4.69, 9.17) is 10.5 Å². The van der Waals surface area contributed by atoms with Crippen molar-refractivity contribution in [3.05, 3.63) is 58.7 Å². The summed E-state index contributed by atoms with van der Waals surface area (Å²) in [7, 11) is 0. The van der Waals surface area contributed by atoms with E-state index in [1.54, 1.807) is 21.7 Å². The molecule has 3 atom stereocenters. The van der Waals surface area contributed by atoms with Crippen molar-refractivity contribution in [3.8, 4) is 27.6 Å². The molecule has 2 aliphatic rings. The quantitative estimate of drug-likeness (QED) is 0.399. The van der Waals surface area contributed by atoms with Crippen LogP contribution in [0.5, 0.6) is 0 Å². The molecule has 4 aromatic rings. The van der Waals surface area contributed by atoms with Crippen molar-refractivity contribution in [2.45, 2.75) is 37.5 Å². The number of ether oxygens (including phenoxy) is 1. The second kappa shape index (κ2) is 10.5. The first-order valence-electron chi connectivity index (χ1n) is 12.9. The molecule has 39 heavy (non-hydrogen) atoms. The number of nitriles is 1. The molecule has 1 amide bonds. The Morgan fingerprint density at radius 2 is 2.05 bits per heavy atom. The number of rotatable bonds is 4. The minimum Gasteiger partial charge on any atom is -0.391 e. The highest BCUT2D eigenvalue weighted by Gasteiger charge is 2.29. The van der Waals surface area contributed by atoms with Crippen LogP contribution in [0.1, 0.15) is 40.5 Å². The molecule has 0 radical (unpaired) electrons. The van der Waals surface area contributed by atoms with E-state index in [1.165, 1.54) is 23.5 Å². The summed E-state index contributed by atoms with van der Waals surface area (Å²) >= 11 is 1.34. The van der Waals surface area contributed by atoms with Crippen molar-refractivity contribution in [1.82, 2.24) is 19.9 Å². The molecule has 0 unspecified atom stereocenters. The minimum atomic E-state index is -0.617. The van der Waals surface area contributed by atoms with Gasteiger partial charge in [0.15, 0.2) is 0 Å². The number of hydrogen-bond donors (Lipinski definition) is 2. The number of piperidine rings is 1. The fraction of sp³-hybridized carbons (Fsp3) is 0.357. The first kappa shape index (κ1) is 25.6. The highest BCUT2D eigenvalue weighted by molar-refractivity contribution is 7.18. The van der Waals surface area contributed by atoms with Crippen LogP contribution in [0.4, 0.5) is 4.39 Å². The Morgan fingerprint density at radius 1 is 1.21 bits per heavy atom. The summed E-state index contributed by atoms with van der Waals surface area (Å²) in [5, 5.41) is 28.3. The molecule has 9 nitrogen and oxygen atoms in total. The van der Waals surface area contributed by atoms with Gasteiger partial charge in [-0.1, -0.05) is 17.3 Å². The van der Waals surface area contributed by atoms with Crippen LogP contribution >= 0.6 is 11.3 Å². The standard InChI is InChI=1S/C28H27FN6O3S/c29-21-10-16(3-4-18(21)13-30)20-12-26(28(37)34-8-1-2-19(31)14-34)39-27(20)17-5-6-23-22(11-17)32-33-35(23)24-15-38-9-7-25(24)36/h3-6,10-12,19,24-25,36H,1-2,7-9,14-15,31H2/t19-,24+,25+/m1/s1. The zero-order chi connectivity index (χ0) is 27.1. The average Bonchev–Trinajstić information content (AvgIpc) is 3.57. The predicted octanol–water partition coefficient (Wildman–Crippen LogP) is 3.72. The Balaban J connectivity index is 1.42. The molecule has 200 valence electrons. The summed E-state index contributed by atoms with van der Waals surface area (Å²) in [6.07, 6.45) is 1.70.